The van der Waals surface area contributed by atoms with E-state index in [0.29, 0.717) is 11.7 Å². The summed E-state index contributed by atoms with van der Waals surface area (Å²) in [6, 6.07) is 0. The fourth-order valence-electron chi connectivity index (χ4n) is 3.26. The van der Waals surface area contributed by atoms with Crippen molar-refractivity contribution in [3.05, 3.63) is 0 Å². The molecule has 92 valence electrons. The van der Waals surface area contributed by atoms with E-state index in [1.807, 2.05) is 0 Å². The first-order valence-electron chi connectivity index (χ1n) is 6.98. The van der Waals surface area contributed by atoms with Crippen LogP contribution in [0.1, 0.15) is 51.9 Å². The van der Waals surface area contributed by atoms with E-state index in [2.05, 4.69) is 4.90 Å². The Hall–Kier alpha value is -0.370. The third-order valence-electron chi connectivity index (χ3n) is 4.40. The number of hydrogen-bond acceptors (Lipinski definition) is 2. The molecule has 1 saturated carbocycles. The highest BCUT2D eigenvalue weighted by atomic mass is 16.1. The predicted octanol–water partition coefficient (Wildman–Crippen LogP) is 2.87. The lowest BCUT2D eigenvalue weighted by Gasteiger charge is -2.34. The Kier molecular flexibility index (Phi) is 4.39. The molecule has 0 spiro atoms. The molecule has 2 heteroatoms. The lowest BCUT2D eigenvalue weighted by molar-refractivity contribution is -0.122. The molecular weight excluding hydrogens is 198 g/mol. The van der Waals surface area contributed by atoms with E-state index < -0.39 is 0 Å². The number of hydrogen-bond donors (Lipinski definition) is 0. The molecule has 0 amide bonds. The topological polar surface area (TPSA) is 20.3 Å². The van der Waals surface area contributed by atoms with Crippen molar-refractivity contribution in [2.75, 3.05) is 19.6 Å². The molecule has 0 aromatic heterocycles. The van der Waals surface area contributed by atoms with Crippen molar-refractivity contribution in [1.29, 1.82) is 0 Å². The number of nitrogens with zero attached hydrogens (tertiary/aromatic N) is 1. The minimum absolute atomic E-state index is 0.364. The van der Waals surface area contributed by atoms with Gasteiger partial charge in [0.05, 0.1) is 0 Å². The fraction of sp³-hybridized carbons (Fsp3) is 0.929. The standard InChI is InChI=1S/C14H25NO/c1-12(16)14-7-9-15(10-8-14)11-13-5-3-2-4-6-13/h13-14H,2-11H2,1H3. The molecule has 0 bridgehead atoms. The molecule has 2 rings (SSSR count). The van der Waals surface area contributed by atoms with Gasteiger partial charge < -0.3 is 4.90 Å². The van der Waals surface area contributed by atoms with Crippen LogP contribution in [0.3, 0.4) is 0 Å². The van der Waals surface area contributed by atoms with Gasteiger partial charge in [-0.15, -0.1) is 0 Å². The summed E-state index contributed by atoms with van der Waals surface area (Å²) in [7, 11) is 0. The molecule has 0 radical (unpaired) electrons. The smallest absolute Gasteiger partial charge is 0.133 e. The summed E-state index contributed by atoms with van der Waals surface area (Å²) in [5.41, 5.74) is 0. The Bertz CT molecular complexity index is 225. The molecule has 16 heavy (non-hydrogen) atoms. The van der Waals surface area contributed by atoms with Gasteiger partial charge in [-0.1, -0.05) is 19.3 Å². The second-order valence-electron chi connectivity index (χ2n) is 5.69. The van der Waals surface area contributed by atoms with Gasteiger partial charge in [0, 0.05) is 12.5 Å². The van der Waals surface area contributed by atoms with Gasteiger partial charge >= 0.3 is 0 Å². The normalized spacial score (nSPS) is 25.8. The Balaban J connectivity index is 1.70. The van der Waals surface area contributed by atoms with Gasteiger partial charge in [-0.05, 0) is 51.6 Å². The lowest BCUT2D eigenvalue weighted by Crippen LogP contribution is -2.39. The maximum absolute atomic E-state index is 11.3. The van der Waals surface area contributed by atoms with Crippen molar-refractivity contribution in [2.24, 2.45) is 11.8 Å². The zero-order chi connectivity index (χ0) is 11.4. The number of likely N-dealkylation sites (tertiary alicyclic amines) is 1. The molecule has 2 nitrogen and oxygen atoms in total. The number of rotatable bonds is 3. The van der Waals surface area contributed by atoms with Crippen LogP contribution in [0.25, 0.3) is 0 Å². The molecular formula is C14H25NO. The van der Waals surface area contributed by atoms with E-state index in [1.54, 1.807) is 6.92 Å². The second-order valence-corrected chi connectivity index (χ2v) is 5.69. The van der Waals surface area contributed by atoms with Crippen molar-refractivity contribution in [3.8, 4) is 0 Å². The van der Waals surface area contributed by atoms with Crippen LogP contribution in [0.5, 0.6) is 0 Å². The van der Waals surface area contributed by atoms with Gasteiger partial charge in [0.2, 0.25) is 0 Å². The molecule has 2 aliphatic rings. The van der Waals surface area contributed by atoms with Gasteiger partial charge in [-0.3, -0.25) is 4.79 Å². The summed E-state index contributed by atoms with van der Waals surface area (Å²) in [6.45, 7) is 5.35. The highest BCUT2D eigenvalue weighted by Gasteiger charge is 2.24. The summed E-state index contributed by atoms with van der Waals surface area (Å²) >= 11 is 0. The number of ketones is 1. The number of piperidine rings is 1. The van der Waals surface area contributed by atoms with Crippen LogP contribution in [0.15, 0.2) is 0 Å². The number of carbonyl (C=O) groups excluding carboxylic acids is 1. The zero-order valence-corrected chi connectivity index (χ0v) is 10.6. The largest absolute Gasteiger partial charge is 0.303 e. The minimum Gasteiger partial charge on any atom is -0.303 e. The SMILES string of the molecule is CC(=O)C1CCN(CC2CCCCC2)CC1. The van der Waals surface area contributed by atoms with Crippen LogP contribution in [-0.2, 0) is 4.79 Å². The monoisotopic (exact) mass is 223 g/mol. The van der Waals surface area contributed by atoms with E-state index in [4.69, 9.17) is 0 Å². The number of Topliss-reactive ketones (excluding diaryl/α,β-unsaturated/α-hetero) is 1. The fourth-order valence-corrected chi connectivity index (χ4v) is 3.26. The average molecular weight is 223 g/mol. The van der Waals surface area contributed by atoms with E-state index in [-0.39, 0.29) is 0 Å². The van der Waals surface area contributed by atoms with E-state index in [1.165, 1.54) is 38.6 Å². The maximum atomic E-state index is 11.3. The Morgan fingerprint density at radius 3 is 2.25 bits per heavy atom. The van der Waals surface area contributed by atoms with Crippen LogP contribution >= 0.6 is 0 Å². The molecule has 0 unspecified atom stereocenters. The zero-order valence-electron chi connectivity index (χ0n) is 10.6. The molecule has 0 N–H and O–H groups in total. The van der Waals surface area contributed by atoms with Crippen LogP contribution in [0.2, 0.25) is 0 Å². The Morgan fingerprint density at radius 1 is 1.06 bits per heavy atom. The van der Waals surface area contributed by atoms with Crippen LogP contribution in [-0.4, -0.2) is 30.3 Å². The molecule has 1 heterocycles. The minimum atomic E-state index is 0.364. The van der Waals surface area contributed by atoms with Gasteiger partial charge in [0.15, 0.2) is 0 Å². The number of carbonyl (C=O) groups is 1. The molecule has 0 aromatic rings. The van der Waals surface area contributed by atoms with Gasteiger partial charge in [-0.25, -0.2) is 0 Å². The molecule has 1 saturated heterocycles. The highest BCUT2D eigenvalue weighted by Crippen LogP contribution is 2.26. The first-order chi connectivity index (χ1) is 7.75. The van der Waals surface area contributed by atoms with Crippen molar-refractivity contribution in [2.45, 2.75) is 51.9 Å². The van der Waals surface area contributed by atoms with Crippen LogP contribution in [0, 0.1) is 11.8 Å². The van der Waals surface area contributed by atoms with Crippen molar-refractivity contribution in [1.82, 2.24) is 4.90 Å². The van der Waals surface area contributed by atoms with Crippen molar-refractivity contribution >= 4 is 5.78 Å². The summed E-state index contributed by atoms with van der Waals surface area (Å²) in [5.74, 6) is 1.71. The predicted molar refractivity (Wildman–Crippen MR) is 66.4 cm³/mol. The van der Waals surface area contributed by atoms with E-state index in [9.17, 15) is 4.79 Å². The third kappa shape index (κ3) is 3.31. The summed E-state index contributed by atoms with van der Waals surface area (Å²) in [6.07, 6.45) is 9.40. The molecule has 0 atom stereocenters. The summed E-state index contributed by atoms with van der Waals surface area (Å²) in [4.78, 5) is 13.9. The van der Waals surface area contributed by atoms with Crippen LogP contribution < -0.4 is 0 Å². The van der Waals surface area contributed by atoms with E-state index in [0.717, 1.165) is 31.8 Å². The van der Waals surface area contributed by atoms with Crippen molar-refractivity contribution < 1.29 is 4.79 Å². The first-order valence-corrected chi connectivity index (χ1v) is 6.98. The Labute approximate surface area is 99.4 Å². The second kappa shape index (κ2) is 5.81. The lowest BCUT2D eigenvalue weighted by atomic mass is 9.87. The Morgan fingerprint density at radius 2 is 1.69 bits per heavy atom. The third-order valence-corrected chi connectivity index (χ3v) is 4.40. The maximum Gasteiger partial charge on any atom is 0.133 e. The summed E-state index contributed by atoms with van der Waals surface area (Å²) in [5, 5.41) is 0. The average Bonchev–Trinajstić information content (AvgIpc) is 2.31. The molecule has 2 fully saturated rings. The molecule has 1 aliphatic heterocycles. The van der Waals surface area contributed by atoms with Crippen LogP contribution in [0.4, 0.5) is 0 Å². The first kappa shape index (κ1) is 12.1. The molecule has 1 aliphatic carbocycles. The van der Waals surface area contributed by atoms with E-state index >= 15 is 0 Å². The molecule has 0 aromatic carbocycles. The summed E-state index contributed by atoms with van der Waals surface area (Å²) < 4.78 is 0. The van der Waals surface area contributed by atoms with Gasteiger partial charge in [-0.2, -0.15) is 0 Å². The van der Waals surface area contributed by atoms with Gasteiger partial charge in [0.1, 0.15) is 5.78 Å². The highest BCUT2D eigenvalue weighted by molar-refractivity contribution is 5.78. The van der Waals surface area contributed by atoms with Gasteiger partial charge in [0.25, 0.3) is 0 Å². The van der Waals surface area contributed by atoms with Crippen molar-refractivity contribution in [3.63, 3.8) is 0 Å². The quantitative estimate of drug-likeness (QED) is 0.733.